The molecule has 3 N–H and O–H groups in total. The zero-order chi connectivity index (χ0) is 14.4. The minimum atomic E-state index is -1.08. The third kappa shape index (κ3) is 4.84. The lowest BCUT2D eigenvalue weighted by atomic mass is 10.3. The van der Waals surface area contributed by atoms with E-state index in [1.807, 2.05) is 6.92 Å². The summed E-state index contributed by atoms with van der Waals surface area (Å²) < 4.78 is 5.00. The van der Waals surface area contributed by atoms with Crippen molar-refractivity contribution in [3.8, 4) is 0 Å². The van der Waals surface area contributed by atoms with E-state index < -0.39 is 5.97 Å². The van der Waals surface area contributed by atoms with E-state index in [-0.39, 0.29) is 23.9 Å². The lowest BCUT2D eigenvalue weighted by molar-refractivity contribution is 0.0691. The number of carboxylic acids is 1. The number of aromatic nitrogens is 1. The van der Waals surface area contributed by atoms with Gasteiger partial charge in [0.25, 0.3) is 0 Å². The number of rotatable bonds is 6. The first-order valence-corrected chi connectivity index (χ1v) is 6.58. The van der Waals surface area contributed by atoms with Crippen molar-refractivity contribution in [2.75, 3.05) is 13.7 Å². The van der Waals surface area contributed by atoms with Crippen LogP contribution in [0.1, 0.15) is 35.4 Å². The monoisotopic (exact) mass is 287 g/mol. The Balaban J connectivity index is 2.47. The molecule has 19 heavy (non-hydrogen) atoms. The first-order valence-electron chi connectivity index (χ1n) is 5.70. The van der Waals surface area contributed by atoms with Crippen LogP contribution in [0.4, 0.5) is 4.79 Å². The molecule has 2 amide bonds. The molecule has 0 radical (unpaired) electrons. The smallest absolute Gasteiger partial charge is 0.355 e. The topological polar surface area (TPSA) is 101 Å². The number of carbonyl (C=O) groups excluding carboxylic acids is 1. The number of amides is 2. The predicted octanol–water partition coefficient (Wildman–Crippen LogP) is 1.24. The summed E-state index contributed by atoms with van der Waals surface area (Å²) in [4.78, 5) is 26.2. The van der Waals surface area contributed by atoms with E-state index in [9.17, 15) is 9.59 Å². The zero-order valence-electron chi connectivity index (χ0n) is 11.0. The van der Waals surface area contributed by atoms with Crippen LogP contribution in [0.15, 0.2) is 5.38 Å². The minimum Gasteiger partial charge on any atom is -0.476 e. The molecule has 1 aromatic heterocycles. The molecule has 0 spiro atoms. The van der Waals surface area contributed by atoms with Gasteiger partial charge in [-0.15, -0.1) is 11.3 Å². The number of nitrogens with one attached hydrogen (secondary N) is 2. The number of urea groups is 1. The molecular weight excluding hydrogens is 270 g/mol. The van der Waals surface area contributed by atoms with Crippen molar-refractivity contribution in [3.05, 3.63) is 16.1 Å². The number of carbonyl (C=O) groups is 2. The SMILES string of the molecule is COC(C)CNC(=O)NC(C)c1nc(C(=O)O)cs1. The molecule has 0 aliphatic heterocycles. The van der Waals surface area contributed by atoms with Crippen LogP contribution < -0.4 is 10.6 Å². The number of nitrogens with zero attached hydrogens (tertiary/aromatic N) is 1. The Hall–Kier alpha value is -1.67. The molecule has 1 rings (SSSR count). The lowest BCUT2D eigenvalue weighted by Crippen LogP contribution is -2.40. The maximum Gasteiger partial charge on any atom is 0.355 e. The predicted molar refractivity (Wildman–Crippen MR) is 70.5 cm³/mol. The minimum absolute atomic E-state index is 0.0120. The number of carboxylic acid groups (broad SMARTS) is 1. The van der Waals surface area contributed by atoms with Gasteiger partial charge in [-0.1, -0.05) is 0 Å². The van der Waals surface area contributed by atoms with Crippen molar-refractivity contribution in [3.63, 3.8) is 0 Å². The fourth-order valence-electron chi connectivity index (χ4n) is 1.21. The highest BCUT2D eigenvalue weighted by atomic mass is 32.1. The summed E-state index contributed by atoms with van der Waals surface area (Å²) in [6, 6.07) is -0.695. The first-order chi connectivity index (χ1) is 8.93. The van der Waals surface area contributed by atoms with Gasteiger partial charge in [0.1, 0.15) is 5.01 Å². The van der Waals surface area contributed by atoms with E-state index in [2.05, 4.69) is 15.6 Å². The fourth-order valence-corrected chi connectivity index (χ4v) is 2.01. The van der Waals surface area contributed by atoms with Gasteiger partial charge in [-0.25, -0.2) is 14.6 Å². The third-order valence-electron chi connectivity index (χ3n) is 2.41. The van der Waals surface area contributed by atoms with E-state index in [0.29, 0.717) is 11.6 Å². The maximum atomic E-state index is 11.6. The Morgan fingerprint density at radius 3 is 2.74 bits per heavy atom. The van der Waals surface area contributed by atoms with Crippen molar-refractivity contribution in [1.29, 1.82) is 0 Å². The van der Waals surface area contributed by atoms with Crippen LogP contribution in [-0.2, 0) is 4.74 Å². The second-order valence-corrected chi connectivity index (χ2v) is 4.89. The van der Waals surface area contributed by atoms with Gasteiger partial charge < -0.3 is 20.5 Å². The molecule has 1 heterocycles. The van der Waals surface area contributed by atoms with Gasteiger partial charge in [0, 0.05) is 19.0 Å². The van der Waals surface area contributed by atoms with Crippen LogP contribution in [0.5, 0.6) is 0 Å². The van der Waals surface area contributed by atoms with Gasteiger partial charge in [-0.2, -0.15) is 0 Å². The molecule has 7 nitrogen and oxygen atoms in total. The van der Waals surface area contributed by atoms with Gasteiger partial charge in [0.05, 0.1) is 12.1 Å². The molecule has 8 heteroatoms. The van der Waals surface area contributed by atoms with Crippen LogP contribution in [0.25, 0.3) is 0 Å². The molecule has 0 saturated heterocycles. The summed E-state index contributed by atoms with van der Waals surface area (Å²) in [5.74, 6) is -1.08. The Kier molecular flexibility index (Phi) is 5.71. The average Bonchev–Trinajstić information content (AvgIpc) is 2.85. The van der Waals surface area contributed by atoms with Crippen LogP contribution in [0, 0.1) is 0 Å². The highest BCUT2D eigenvalue weighted by Crippen LogP contribution is 2.17. The maximum absolute atomic E-state index is 11.6. The second kappa shape index (κ2) is 7.05. The van der Waals surface area contributed by atoms with Crippen molar-refractivity contribution < 1.29 is 19.4 Å². The number of methoxy groups -OCH3 is 1. The van der Waals surface area contributed by atoms with Gasteiger partial charge in [-0.3, -0.25) is 0 Å². The molecule has 0 bridgehead atoms. The number of aromatic carboxylic acids is 1. The Morgan fingerprint density at radius 1 is 1.53 bits per heavy atom. The fraction of sp³-hybridized carbons (Fsp3) is 0.545. The zero-order valence-corrected chi connectivity index (χ0v) is 11.8. The summed E-state index contributed by atoms with van der Waals surface area (Å²) >= 11 is 1.20. The largest absolute Gasteiger partial charge is 0.476 e. The first kappa shape index (κ1) is 15.4. The second-order valence-electron chi connectivity index (χ2n) is 4.00. The van der Waals surface area contributed by atoms with Gasteiger partial charge in [-0.05, 0) is 13.8 Å². The molecule has 0 aromatic carbocycles. The van der Waals surface area contributed by atoms with Crippen molar-refractivity contribution >= 4 is 23.3 Å². The number of hydrogen-bond acceptors (Lipinski definition) is 5. The molecule has 2 unspecified atom stereocenters. The van der Waals surface area contributed by atoms with Crippen molar-refractivity contribution in [1.82, 2.24) is 15.6 Å². The normalized spacial score (nSPS) is 13.6. The van der Waals surface area contributed by atoms with Gasteiger partial charge >= 0.3 is 12.0 Å². The number of hydrogen-bond donors (Lipinski definition) is 3. The van der Waals surface area contributed by atoms with Gasteiger partial charge in [0.15, 0.2) is 5.69 Å². The Labute approximate surface area is 115 Å². The van der Waals surface area contributed by atoms with E-state index in [0.717, 1.165) is 0 Å². The highest BCUT2D eigenvalue weighted by Gasteiger charge is 2.16. The summed E-state index contributed by atoms with van der Waals surface area (Å²) in [5, 5.41) is 16.1. The summed E-state index contributed by atoms with van der Waals surface area (Å²) in [5.41, 5.74) is -0.0120. The van der Waals surface area contributed by atoms with E-state index in [1.165, 1.54) is 16.7 Å². The highest BCUT2D eigenvalue weighted by molar-refractivity contribution is 7.09. The molecule has 1 aromatic rings. The van der Waals surface area contributed by atoms with E-state index in [4.69, 9.17) is 9.84 Å². The summed E-state index contributed by atoms with van der Waals surface area (Å²) in [7, 11) is 1.57. The summed E-state index contributed by atoms with van der Waals surface area (Å²) in [6.07, 6.45) is -0.0699. The Bertz CT molecular complexity index is 449. The molecule has 0 aliphatic rings. The molecule has 2 atom stereocenters. The van der Waals surface area contributed by atoms with E-state index in [1.54, 1.807) is 14.0 Å². The Morgan fingerprint density at radius 2 is 2.21 bits per heavy atom. The molecule has 106 valence electrons. The van der Waals surface area contributed by atoms with Crippen LogP contribution in [0.3, 0.4) is 0 Å². The van der Waals surface area contributed by atoms with Crippen molar-refractivity contribution in [2.45, 2.75) is 26.0 Å². The molecule has 0 fully saturated rings. The van der Waals surface area contributed by atoms with Crippen LogP contribution >= 0.6 is 11.3 Å². The lowest BCUT2D eigenvalue weighted by Gasteiger charge is -2.14. The molecule has 0 saturated carbocycles. The summed E-state index contributed by atoms with van der Waals surface area (Å²) in [6.45, 7) is 3.97. The standard InChI is InChI=1S/C11H17N3O4S/c1-6(18-3)4-12-11(17)13-7(2)9-14-8(5-19-9)10(15)16/h5-7H,4H2,1-3H3,(H,15,16)(H2,12,13,17). The van der Waals surface area contributed by atoms with Crippen LogP contribution in [0.2, 0.25) is 0 Å². The molecular formula is C11H17N3O4S. The number of thiazole rings is 1. The average molecular weight is 287 g/mol. The number of ether oxygens (including phenoxy) is 1. The van der Waals surface area contributed by atoms with Gasteiger partial charge in [0.2, 0.25) is 0 Å². The quantitative estimate of drug-likeness (QED) is 0.730. The molecule has 0 aliphatic carbocycles. The van der Waals surface area contributed by atoms with Crippen molar-refractivity contribution in [2.24, 2.45) is 0 Å². The van der Waals surface area contributed by atoms with E-state index >= 15 is 0 Å². The third-order valence-corrected chi connectivity index (χ3v) is 3.44. The van der Waals surface area contributed by atoms with Crippen LogP contribution in [-0.4, -0.2) is 41.8 Å².